The average Bonchev–Trinajstić information content (AvgIpc) is 2.48. The smallest absolute Gasteiger partial charge is 0.367 e. The zero-order chi connectivity index (χ0) is 19.1. The van der Waals surface area contributed by atoms with Crippen molar-refractivity contribution >= 4 is 11.8 Å². The van der Waals surface area contributed by atoms with Gasteiger partial charge in [0, 0.05) is 37.8 Å². The molecule has 1 aliphatic carbocycles. The molecular formula is C17H20F3N5O. The Bertz CT molecular complexity index is 856. The number of pyridine rings is 1. The normalized spacial score (nSPS) is 19.8. The third-order valence-electron chi connectivity index (χ3n) is 4.36. The van der Waals surface area contributed by atoms with E-state index in [9.17, 15) is 18.0 Å². The zero-order valence-corrected chi connectivity index (χ0v) is 14.7. The van der Waals surface area contributed by atoms with Crippen LogP contribution in [0.1, 0.15) is 35.7 Å². The van der Waals surface area contributed by atoms with Gasteiger partial charge in [0.15, 0.2) is 0 Å². The van der Waals surface area contributed by atoms with E-state index < -0.39 is 11.7 Å². The third-order valence-corrected chi connectivity index (χ3v) is 4.36. The standard InChI is InChI=1S/C17H20F3N5O/c1-9-4-11(17(18,19)20)7-14(21-9)22-12-5-10(6-12)13-8-15(26)24-16(23-13)25(2)3/h4,7-8,10,12H,5-6H2,1-3H3,(H,21,22)(H,23,24,26). The maximum Gasteiger partial charge on any atom is 0.416 e. The summed E-state index contributed by atoms with van der Waals surface area (Å²) >= 11 is 0. The molecule has 1 aliphatic rings. The van der Waals surface area contributed by atoms with Gasteiger partial charge in [0.1, 0.15) is 5.82 Å². The Morgan fingerprint density at radius 2 is 1.88 bits per heavy atom. The first-order valence-electron chi connectivity index (χ1n) is 8.23. The van der Waals surface area contributed by atoms with Gasteiger partial charge in [-0.15, -0.1) is 0 Å². The van der Waals surface area contributed by atoms with Crippen LogP contribution in [0.4, 0.5) is 24.9 Å². The molecule has 9 heteroatoms. The van der Waals surface area contributed by atoms with Crippen LogP contribution in [0.5, 0.6) is 0 Å². The summed E-state index contributed by atoms with van der Waals surface area (Å²) in [7, 11) is 3.57. The predicted octanol–water partition coefficient (Wildman–Crippen LogP) is 2.92. The molecule has 0 saturated heterocycles. The van der Waals surface area contributed by atoms with Crippen molar-refractivity contribution in [3.63, 3.8) is 0 Å². The van der Waals surface area contributed by atoms with Crippen molar-refractivity contribution < 1.29 is 13.2 Å². The number of hydrogen-bond acceptors (Lipinski definition) is 5. The Balaban J connectivity index is 1.68. The Morgan fingerprint density at radius 3 is 2.50 bits per heavy atom. The molecule has 0 aromatic carbocycles. The summed E-state index contributed by atoms with van der Waals surface area (Å²) in [5.74, 6) is 0.799. The molecule has 2 aromatic rings. The van der Waals surface area contributed by atoms with Crippen molar-refractivity contribution in [2.75, 3.05) is 24.3 Å². The minimum Gasteiger partial charge on any atom is -0.367 e. The van der Waals surface area contributed by atoms with Gasteiger partial charge in [0.05, 0.1) is 11.3 Å². The Morgan fingerprint density at radius 1 is 1.19 bits per heavy atom. The lowest BCUT2D eigenvalue weighted by Crippen LogP contribution is -2.35. The van der Waals surface area contributed by atoms with Crippen molar-refractivity contribution in [2.45, 2.75) is 37.9 Å². The SMILES string of the molecule is Cc1cc(C(F)(F)F)cc(NC2CC(c3cc(=O)[nH]c(N(C)C)n3)C2)n1. The largest absolute Gasteiger partial charge is 0.416 e. The minimum atomic E-state index is -4.40. The van der Waals surface area contributed by atoms with Crippen LogP contribution in [0.3, 0.4) is 0 Å². The van der Waals surface area contributed by atoms with Gasteiger partial charge in [0.25, 0.3) is 5.56 Å². The molecule has 0 unspecified atom stereocenters. The first-order valence-corrected chi connectivity index (χ1v) is 8.23. The molecule has 0 atom stereocenters. The number of alkyl halides is 3. The number of aryl methyl sites for hydroxylation is 1. The van der Waals surface area contributed by atoms with E-state index in [4.69, 9.17) is 0 Å². The van der Waals surface area contributed by atoms with Crippen molar-refractivity contribution in [3.8, 4) is 0 Å². The molecule has 0 radical (unpaired) electrons. The van der Waals surface area contributed by atoms with Gasteiger partial charge >= 0.3 is 6.18 Å². The molecule has 2 heterocycles. The predicted molar refractivity (Wildman–Crippen MR) is 92.5 cm³/mol. The van der Waals surface area contributed by atoms with Crippen molar-refractivity contribution in [2.24, 2.45) is 0 Å². The molecule has 0 spiro atoms. The number of nitrogens with one attached hydrogen (secondary N) is 2. The summed E-state index contributed by atoms with van der Waals surface area (Å²) in [6.45, 7) is 1.53. The fourth-order valence-corrected chi connectivity index (χ4v) is 2.98. The highest BCUT2D eigenvalue weighted by atomic mass is 19.4. The van der Waals surface area contributed by atoms with Crippen molar-refractivity contribution in [1.82, 2.24) is 15.0 Å². The summed E-state index contributed by atoms with van der Waals surface area (Å²) in [4.78, 5) is 24.7. The molecule has 0 bridgehead atoms. The molecule has 2 aromatic heterocycles. The highest BCUT2D eigenvalue weighted by Crippen LogP contribution is 2.38. The van der Waals surface area contributed by atoms with Crippen LogP contribution in [0.15, 0.2) is 23.0 Å². The van der Waals surface area contributed by atoms with Gasteiger partial charge < -0.3 is 10.2 Å². The zero-order valence-electron chi connectivity index (χ0n) is 14.7. The van der Waals surface area contributed by atoms with E-state index in [1.807, 2.05) is 0 Å². The summed E-state index contributed by atoms with van der Waals surface area (Å²) < 4.78 is 38.7. The van der Waals surface area contributed by atoms with E-state index in [0.29, 0.717) is 30.2 Å². The fraction of sp³-hybridized carbons (Fsp3) is 0.471. The quantitative estimate of drug-likeness (QED) is 0.869. The van der Waals surface area contributed by atoms with Gasteiger partial charge in [-0.2, -0.15) is 13.2 Å². The highest BCUT2D eigenvalue weighted by molar-refractivity contribution is 5.42. The molecule has 140 valence electrons. The Kier molecular flexibility index (Phi) is 4.64. The summed E-state index contributed by atoms with van der Waals surface area (Å²) in [6.07, 6.45) is -3.04. The van der Waals surface area contributed by atoms with E-state index in [0.717, 1.165) is 12.1 Å². The topological polar surface area (TPSA) is 73.9 Å². The van der Waals surface area contributed by atoms with Gasteiger partial charge in [-0.3, -0.25) is 9.78 Å². The van der Waals surface area contributed by atoms with Gasteiger partial charge in [-0.25, -0.2) is 9.97 Å². The van der Waals surface area contributed by atoms with E-state index in [1.165, 1.54) is 13.0 Å². The molecular weight excluding hydrogens is 347 g/mol. The molecule has 26 heavy (non-hydrogen) atoms. The number of rotatable bonds is 4. The number of aromatic nitrogens is 3. The van der Waals surface area contributed by atoms with Gasteiger partial charge in [-0.1, -0.05) is 0 Å². The van der Waals surface area contributed by atoms with Crippen molar-refractivity contribution in [3.05, 3.63) is 45.5 Å². The average molecular weight is 367 g/mol. The van der Waals surface area contributed by atoms with Crippen LogP contribution in [-0.2, 0) is 6.18 Å². The third kappa shape index (κ3) is 3.97. The molecule has 2 N–H and O–H groups in total. The van der Waals surface area contributed by atoms with E-state index >= 15 is 0 Å². The monoisotopic (exact) mass is 367 g/mol. The van der Waals surface area contributed by atoms with Crippen LogP contribution < -0.4 is 15.8 Å². The van der Waals surface area contributed by atoms with Crippen LogP contribution in [-0.4, -0.2) is 35.1 Å². The lowest BCUT2D eigenvalue weighted by Gasteiger charge is -2.36. The molecule has 0 aliphatic heterocycles. The molecule has 0 amide bonds. The molecule has 3 rings (SSSR count). The summed E-state index contributed by atoms with van der Waals surface area (Å²) in [5.41, 5.74) is 0.0781. The van der Waals surface area contributed by atoms with Crippen LogP contribution in [0.2, 0.25) is 0 Å². The van der Waals surface area contributed by atoms with E-state index in [1.54, 1.807) is 19.0 Å². The minimum absolute atomic E-state index is 0.000669. The summed E-state index contributed by atoms with van der Waals surface area (Å²) in [5, 5.41) is 3.05. The number of nitrogens with zero attached hydrogens (tertiary/aromatic N) is 3. The lowest BCUT2D eigenvalue weighted by molar-refractivity contribution is -0.137. The number of halogens is 3. The van der Waals surface area contributed by atoms with E-state index in [2.05, 4.69) is 20.3 Å². The second-order valence-electron chi connectivity index (χ2n) is 6.78. The van der Waals surface area contributed by atoms with Crippen molar-refractivity contribution in [1.29, 1.82) is 0 Å². The second kappa shape index (κ2) is 6.62. The number of aromatic amines is 1. The first-order chi connectivity index (χ1) is 12.1. The Hall–Kier alpha value is -2.58. The van der Waals surface area contributed by atoms with Crippen LogP contribution in [0.25, 0.3) is 0 Å². The van der Waals surface area contributed by atoms with E-state index in [-0.39, 0.29) is 23.3 Å². The number of anilines is 2. The van der Waals surface area contributed by atoms with Crippen LogP contribution in [0, 0.1) is 6.92 Å². The maximum absolute atomic E-state index is 12.9. The lowest BCUT2D eigenvalue weighted by atomic mass is 9.78. The fourth-order valence-electron chi connectivity index (χ4n) is 2.98. The second-order valence-corrected chi connectivity index (χ2v) is 6.78. The highest BCUT2D eigenvalue weighted by Gasteiger charge is 2.34. The summed E-state index contributed by atoms with van der Waals surface area (Å²) in [6, 6.07) is 3.52. The molecule has 1 fully saturated rings. The van der Waals surface area contributed by atoms with Gasteiger partial charge in [0.2, 0.25) is 5.95 Å². The van der Waals surface area contributed by atoms with Gasteiger partial charge in [-0.05, 0) is 31.9 Å². The number of H-pyrrole nitrogens is 1. The maximum atomic E-state index is 12.9. The Labute approximate surface area is 148 Å². The molecule has 1 saturated carbocycles. The number of hydrogen-bond donors (Lipinski definition) is 2. The van der Waals surface area contributed by atoms with Crippen LogP contribution >= 0.6 is 0 Å². The molecule has 6 nitrogen and oxygen atoms in total. The first kappa shape index (κ1) is 18.2.